The summed E-state index contributed by atoms with van der Waals surface area (Å²) in [5.41, 5.74) is 3.04. The van der Waals surface area contributed by atoms with Gasteiger partial charge in [-0.2, -0.15) is 0 Å². The highest BCUT2D eigenvalue weighted by Crippen LogP contribution is 2.22. The number of aromatic nitrogens is 2. The number of anilines is 1. The van der Waals surface area contributed by atoms with Crippen LogP contribution in [0.15, 0.2) is 65.8 Å². The maximum absolute atomic E-state index is 13.3. The average Bonchev–Trinajstić information content (AvgIpc) is 2.78. The summed E-state index contributed by atoms with van der Waals surface area (Å²) in [7, 11) is 0. The Morgan fingerprint density at radius 2 is 1.94 bits per heavy atom. The summed E-state index contributed by atoms with van der Waals surface area (Å²) in [5, 5.41) is 2.79. The monoisotopic (exact) mass is 416 g/mol. The third kappa shape index (κ3) is 4.55. The lowest BCUT2D eigenvalue weighted by Gasteiger charge is -2.29. The van der Waals surface area contributed by atoms with Crippen molar-refractivity contribution in [1.29, 1.82) is 0 Å². The third-order valence-corrected chi connectivity index (χ3v) is 5.54. The molecule has 0 fully saturated rings. The van der Waals surface area contributed by atoms with Crippen molar-refractivity contribution in [3.63, 3.8) is 0 Å². The van der Waals surface area contributed by atoms with Crippen molar-refractivity contribution in [2.45, 2.75) is 32.9 Å². The van der Waals surface area contributed by atoms with Gasteiger partial charge in [0.05, 0.1) is 11.9 Å². The Hall–Kier alpha value is -3.74. The number of hydrogen-bond donors (Lipinski definition) is 1. The van der Waals surface area contributed by atoms with Crippen LogP contribution in [0.3, 0.4) is 0 Å². The van der Waals surface area contributed by atoms with Crippen molar-refractivity contribution in [3.8, 4) is 0 Å². The summed E-state index contributed by atoms with van der Waals surface area (Å²) in [5.74, 6) is -0.464. The fourth-order valence-corrected chi connectivity index (χ4v) is 3.90. The zero-order valence-electron chi connectivity index (χ0n) is 17.4. The van der Waals surface area contributed by atoms with Crippen molar-refractivity contribution in [2.24, 2.45) is 0 Å². The summed E-state index contributed by atoms with van der Waals surface area (Å²) < 4.78 is 1.59. The van der Waals surface area contributed by atoms with E-state index in [4.69, 9.17) is 0 Å². The predicted octanol–water partition coefficient (Wildman–Crippen LogP) is 2.64. The number of aryl methyl sites for hydroxylation is 2. The highest BCUT2D eigenvalue weighted by molar-refractivity contribution is 6.05. The van der Waals surface area contributed by atoms with Gasteiger partial charge in [-0.15, -0.1) is 0 Å². The van der Waals surface area contributed by atoms with Gasteiger partial charge in [-0.3, -0.25) is 19.4 Å². The smallest absolute Gasteiger partial charge is 0.263 e. The molecule has 0 spiro atoms. The number of hydrogen-bond acceptors (Lipinski definition) is 4. The Morgan fingerprint density at radius 1 is 1.13 bits per heavy atom. The van der Waals surface area contributed by atoms with E-state index in [-0.39, 0.29) is 17.0 Å². The maximum atomic E-state index is 13.3. The van der Waals surface area contributed by atoms with E-state index in [1.165, 1.54) is 6.92 Å². The van der Waals surface area contributed by atoms with E-state index in [0.29, 0.717) is 38.2 Å². The van der Waals surface area contributed by atoms with Crippen LogP contribution in [0.1, 0.15) is 34.0 Å². The van der Waals surface area contributed by atoms with Crippen molar-refractivity contribution in [3.05, 3.63) is 93.7 Å². The topological polar surface area (TPSA) is 84.3 Å². The number of amides is 2. The fraction of sp³-hybridized carbons (Fsp3) is 0.250. The van der Waals surface area contributed by atoms with Crippen LogP contribution < -0.4 is 10.9 Å². The molecule has 0 bridgehead atoms. The number of pyridine rings is 2. The zero-order chi connectivity index (χ0) is 21.8. The highest BCUT2D eigenvalue weighted by Gasteiger charge is 2.27. The van der Waals surface area contributed by atoms with E-state index in [2.05, 4.69) is 10.3 Å². The number of nitrogens with zero attached hydrogens (tertiary/aromatic N) is 3. The molecule has 2 aromatic heterocycles. The summed E-state index contributed by atoms with van der Waals surface area (Å²) in [6.45, 7) is 2.86. The number of rotatable bonds is 5. The van der Waals surface area contributed by atoms with Crippen LogP contribution in [0.2, 0.25) is 0 Å². The van der Waals surface area contributed by atoms with Crippen molar-refractivity contribution in [1.82, 2.24) is 14.5 Å². The molecule has 0 aliphatic carbocycles. The molecule has 0 saturated carbocycles. The molecule has 1 aliphatic heterocycles. The van der Waals surface area contributed by atoms with Crippen molar-refractivity contribution < 1.29 is 9.59 Å². The van der Waals surface area contributed by atoms with Gasteiger partial charge in [-0.05, 0) is 41.7 Å². The third-order valence-electron chi connectivity index (χ3n) is 5.54. The minimum atomic E-state index is -0.445. The molecule has 0 unspecified atom stereocenters. The van der Waals surface area contributed by atoms with Crippen LogP contribution in [0.5, 0.6) is 0 Å². The molecule has 7 heteroatoms. The second-order valence-electron chi connectivity index (χ2n) is 7.63. The fourth-order valence-electron chi connectivity index (χ4n) is 3.90. The van der Waals surface area contributed by atoms with Crippen LogP contribution in [-0.2, 0) is 30.7 Å². The standard InChI is InChI=1S/C24H24N4O3/c1-17(29)27-13-10-21-19(15-27)16-28(12-9-18-6-3-2-4-7-18)24(31)22(21)23(30)26-20-8-5-11-25-14-20/h2-8,11,14,16H,9-10,12-13,15H2,1H3,(H,26,30). The second kappa shape index (κ2) is 8.95. The molecule has 1 N–H and O–H groups in total. The van der Waals surface area contributed by atoms with Gasteiger partial charge in [0, 0.05) is 39.0 Å². The van der Waals surface area contributed by atoms with E-state index in [1.807, 2.05) is 30.3 Å². The first-order valence-electron chi connectivity index (χ1n) is 10.3. The lowest BCUT2D eigenvalue weighted by molar-refractivity contribution is -0.129. The molecule has 1 aromatic carbocycles. The first kappa shape index (κ1) is 20.5. The number of carbonyl (C=O) groups excluding carboxylic acids is 2. The van der Waals surface area contributed by atoms with Gasteiger partial charge in [0.2, 0.25) is 5.91 Å². The Balaban J connectivity index is 1.71. The van der Waals surface area contributed by atoms with E-state index >= 15 is 0 Å². The van der Waals surface area contributed by atoms with Gasteiger partial charge in [0.25, 0.3) is 11.5 Å². The second-order valence-corrected chi connectivity index (χ2v) is 7.63. The Labute approximate surface area is 180 Å². The number of benzene rings is 1. The minimum Gasteiger partial charge on any atom is -0.338 e. The van der Waals surface area contributed by atoms with Gasteiger partial charge in [0.1, 0.15) is 5.56 Å². The lowest BCUT2D eigenvalue weighted by atomic mass is 9.95. The van der Waals surface area contributed by atoms with Gasteiger partial charge in [0.15, 0.2) is 0 Å². The molecular weight excluding hydrogens is 392 g/mol. The maximum Gasteiger partial charge on any atom is 0.263 e. The first-order chi connectivity index (χ1) is 15.0. The van der Waals surface area contributed by atoms with Gasteiger partial charge < -0.3 is 14.8 Å². The highest BCUT2D eigenvalue weighted by atomic mass is 16.2. The normalized spacial score (nSPS) is 12.9. The summed E-state index contributed by atoms with van der Waals surface area (Å²) in [4.78, 5) is 44.1. The number of carbonyl (C=O) groups is 2. The van der Waals surface area contributed by atoms with Crippen LogP contribution >= 0.6 is 0 Å². The van der Waals surface area contributed by atoms with Gasteiger partial charge in [-0.25, -0.2) is 0 Å². The molecule has 1 aliphatic rings. The van der Waals surface area contributed by atoms with Crippen molar-refractivity contribution in [2.75, 3.05) is 11.9 Å². The predicted molar refractivity (Wildman–Crippen MR) is 118 cm³/mol. The first-order valence-corrected chi connectivity index (χ1v) is 10.3. The van der Waals surface area contributed by atoms with Crippen LogP contribution in [-0.4, -0.2) is 32.8 Å². The average molecular weight is 416 g/mol. The Morgan fingerprint density at radius 3 is 2.65 bits per heavy atom. The summed E-state index contributed by atoms with van der Waals surface area (Å²) >= 11 is 0. The van der Waals surface area contributed by atoms with E-state index < -0.39 is 5.91 Å². The van der Waals surface area contributed by atoms with Crippen LogP contribution in [0.25, 0.3) is 0 Å². The summed E-state index contributed by atoms with van der Waals surface area (Å²) in [6.07, 6.45) is 6.10. The number of nitrogens with one attached hydrogen (secondary N) is 1. The zero-order valence-corrected chi connectivity index (χ0v) is 17.4. The molecule has 4 rings (SSSR count). The molecule has 7 nitrogen and oxygen atoms in total. The van der Waals surface area contributed by atoms with Gasteiger partial charge >= 0.3 is 0 Å². The molecule has 158 valence electrons. The molecule has 0 radical (unpaired) electrons. The lowest BCUT2D eigenvalue weighted by Crippen LogP contribution is -2.39. The Kier molecular flexibility index (Phi) is 5.93. The molecule has 3 aromatic rings. The van der Waals surface area contributed by atoms with E-state index in [1.54, 1.807) is 40.2 Å². The Bertz CT molecular complexity index is 1160. The van der Waals surface area contributed by atoms with E-state index in [0.717, 1.165) is 16.7 Å². The van der Waals surface area contributed by atoms with Crippen molar-refractivity contribution >= 4 is 17.5 Å². The molecule has 0 saturated heterocycles. The SMILES string of the molecule is CC(=O)N1CCc2c(cn(CCc3ccccc3)c(=O)c2C(=O)Nc2cccnc2)C1. The summed E-state index contributed by atoms with van der Waals surface area (Å²) in [6, 6.07) is 13.3. The van der Waals surface area contributed by atoms with Gasteiger partial charge in [-0.1, -0.05) is 30.3 Å². The quantitative estimate of drug-likeness (QED) is 0.693. The minimum absolute atomic E-state index is 0.0194. The molecule has 31 heavy (non-hydrogen) atoms. The molecule has 3 heterocycles. The van der Waals surface area contributed by atoms with Crippen LogP contribution in [0, 0.1) is 0 Å². The van der Waals surface area contributed by atoms with Crippen LogP contribution in [0.4, 0.5) is 5.69 Å². The largest absolute Gasteiger partial charge is 0.338 e. The van der Waals surface area contributed by atoms with E-state index in [9.17, 15) is 14.4 Å². The molecular formula is C24H24N4O3. The molecule has 0 atom stereocenters. The number of fused-ring (bicyclic) bond motifs is 1. The molecule has 2 amide bonds.